The van der Waals surface area contributed by atoms with Gasteiger partial charge in [-0.3, -0.25) is 0 Å². The van der Waals surface area contributed by atoms with Crippen LogP contribution in [-0.4, -0.2) is 28.8 Å². The summed E-state index contributed by atoms with van der Waals surface area (Å²) in [5, 5.41) is 9.59. The monoisotopic (exact) mass is 205 g/mol. The topological polar surface area (TPSA) is 46.2 Å². The maximum Gasteiger partial charge on any atom is 0.0749 e. The van der Waals surface area contributed by atoms with Gasteiger partial charge in [0.05, 0.1) is 5.60 Å². The third kappa shape index (κ3) is 8.60. The molecule has 0 aliphatic carbocycles. The molecule has 1 atom stereocenters. The van der Waals surface area contributed by atoms with Crippen molar-refractivity contribution in [2.24, 2.45) is 11.7 Å². The molecule has 0 aromatic heterocycles. The molecule has 80 valence electrons. The standard InChI is InChI=1S/C10H23NOS/c1-9(2)4-6-13-7-5-10(3,12)8-11/h9,12H,4-8,11H2,1-3H3. The Morgan fingerprint density at radius 2 is 2.00 bits per heavy atom. The third-order valence-electron chi connectivity index (χ3n) is 2.06. The molecule has 0 rings (SSSR count). The van der Waals surface area contributed by atoms with E-state index in [1.54, 1.807) is 6.92 Å². The van der Waals surface area contributed by atoms with Gasteiger partial charge < -0.3 is 10.8 Å². The van der Waals surface area contributed by atoms with Crippen LogP contribution in [-0.2, 0) is 0 Å². The SMILES string of the molecule is CC(C)CCSCCC(C)(O)CN. The molecule has 0 aliphatic heterocycles. The van der Waals surface area contributed by atoms with Crippen LogP contribution in [0, 0.1) is 5.92 Å². The number of nitrogens with two attached hydrogens (primary N) is 1. The zero-order valence-electron chi connectivity index (χ0n) is 9.05. The zero-order valence-corrected chi connectivity index (χ0v) is 9.86. The first-order chi connectivity index (χ1) is 5.98. The lowest BCUT2D eigenvalue weighted by Crippen LogP contribution is -2.34. The maximum atomic E-state index is 9.59. The Morgan fingerprint density at radius 3 is 2.46 bits per heavy atom. The van der Waals surface area contributed by atoms with E-state index in [0.717, 1.165) is 18.1 Å². The summed E-state index contributed by atoms with van der Waals surface area (Å²) in [7, 11) is 0. The lowest BCUT2D eigenvalue weighted by atomic mass is 10.1. The summed E-state index contributed by atoms with van der Waals surface area (Å²) in [6.45, 7) is 6.63. The largest absolute Gasteiger partial charge is 0.389 e. The average Bonchev–Trinajstić information content (AvgIpc) is 2.03. The highest BCUT2D eigenvalue weighted by molar-refractivity contribution is 7.99. The van der Waals surface area contributed by atoms with Crippen molar-refractivity contribution in [1.29, 1.82) is 0 Å². The van der Waals surface area contributed by atoms with Crippen LogP contribution < -0.4 is 5.73 Å². The Kier molecular flexibility index (Phi) is 6.82. The second kappa shape index (κ2) is 6.68. The van der Waals surface area contributed by atoms with Crippen molar-refractivity contribution in [1.82, 2.24) is 0 Å². The Balaban J connectivity index is 3.26. The lowest BCUT2D eigenvalue weighted by molar-refractivity contribution is 0.0665. The maximum absolute atomic E-state index is 9.59. The number of hydrogen-bond donors (Lipinski definition) is 2. The van der Waals surface area contributed by atoms with Gasteiger partial charge in [-0.05, 0) is 37.2 Å². The number of hydrogen-bond acceptors (Lipinski definition) is 3. The van der Waals surface area contributed by atoms with Crippen molar-refractivity contribution in [3.8, 4) is 0 Å². The summed E-state index contributed by atoms with van der Waals surface area (Å²) in [6, 6.07) is 0. The molecule has 0 radical (unpaired) electrons. The number of rotatable bonds is 7. The number of thioether (sulfide) groups is 1. The van der Waals surface area contributed by atoms with E-state index in [4.69, 9.17) is 5.73 Å². The van der Waals surface area contributed by atoms with E-state index in [1.807, 2.05) is 11.8 Å². The highest BCUT2D eigenvalue weighted by Gasteiger charge is 2.16. The third-order valence-corrected chi connectivity index (χ3v) is 3.08. The molecule has 1 unspecified atom stereocenters. The van der Waals surface area contributed by atoms with Crippen molar-refractivity contribution < 1.29 is 5.11 Å². The van der Waals surface area contributed by atoms with Gasteiger partial charge in [0.25, 0.3) is 0 Å². The van der Waals surface area contributed by atoms with E-state index in [2.05, 4.69) is 13.8 Å². The Hall–Kier alpha value is 0.270. The van der Waals surface area contributed by atoms with E-state index >= 15 is 0 Å². The summed E-state index contributed by atoms with van der Waals surface area (Å²) < 4.78 is 0. The predicted octanol–water partition coefficient (Wildman–Crippen LogP) is 1.87. The molecule has 0 aromatic rings. The van der Waals surface area contributed by atoms with Crippen LogP contribution in [0.3, 0.4) is 0 Å². The minimum atomic E-state index is -0.662. The molecule has 0 saturated carbocycles. The summed E-state index contributed by atoms with van der Waals surface area (Å²) >= 11 is 1.91. The van der Waals surface area contributed by atoms with Crippen molar-refractivity contribution in [3.63, 3.8) is 0 Å². The second-order valence-electron chi connectivity index (χ2n) is 4.25. The average molecular weight is 205 g/mol. The quantitative estimate of drug-likeness (QED) is 0.624. The van der Waals surface area contributed by atoms with Gasteiger partial charge in [0.1, 0.15) is 0 Å². The molecule has 0 saturated heterocycles. The summed E-state index contributed by atoms with van der Waals surface area (Å²) in [6.07, 6.45) is 2.06. The van der Waals surface area contributed by atoms with Gasteiger partial charge in [0, 0.05) is 6.54 Å². The fraction of sp³-hybridized carbons (Fsp3) is 1.00. The van der Waals surface area contributed by atoms with Crippen molar-refractivity contribution in [2.75, 3.05) is 18.1 Å². The van der Waals surface area contributed by atoms with Gasteiger partial charge in [-0.15, -0.1) is 0 Å². The molecular weight excluding hydrogens is 182 g/mol. The van der Waals surface area contributed by atoms with Gasteiger partial charge >= 0.3 is 0 Å². The van der Waals surface area contributed by atoms with E-state index in [-0.39, 0.29) is 0 Å². The first-order valence-electron chi connectivity index (χ1n) is 4.98. The predicted molar refractivity (Wildman–Crippen MR) is 61.1 cm³/mol. The van der Waals surface area contributed by atoms with Crippen LogP contribution in [0.4, 0.5) is 0 Å². The smallest absolute Gasteiger partial charge is 0.0749 e. The van der Waals surface area contributed by atoms with Crippen molar-refractivity contribution >= 4 is 11.8 Å². The molecular formula is C10H23NOS. The second-order valence-corrected chi connectivity index (χ2v) is 5.47. The van der Waals surface area contributed by atoms with Crippen LogP contribution in [0.25, 0.3) is 0 Å². The molecule has 2 nitrogen and oxygen atoms in total. The highest BCUT2D eigenvalue weighted by atomic mass is 32.2. The first kappa shape index (κ1) is 13.3. The van der Waals surface area contributed by atoms with E-state index in [1.165, 1.54) is 12.2 Å². The van der Waals surface area contributed by atoms with Crippen molar-refractivity contribution in [3.05, 3.63) is 0 Å². The Morgan fingerprint density at radius 1 is 1.38 bits per heavy atom. The van der Waals surface area contributed by atoms with Gasteiger partial charge in [-0.1, -0.05) is 13.8 Å². The molecule has 0 amide bonds. The highest BCUT2D eigenvalue weighted by Crippen LogP contribution is 2.15. The summed E-state index contributed by atoms with van der Waals surface area (Å²) in [4.78, 5) is 0. The van der Waals surface area contributed by atoms with E-state index in [0.29, 0.717) is 6.54 Å². The van der Waals surface area contributed by atoms with Gasteiger partial charge in [0.15, 0.2) is 0 Å². The van der Waals surface area contributed by atoms with Crippen LogP contribution in [0.5, 0.6) is 0 Å². The normalized spacial score (nSPS) is 16.2. The molecule has 0 aliphatic rings. The molecule has 3 heteroatoms. The molecule has 0 fully saturated rings. The Bertz CT molecular complexity index is 126. The molecule has 0 heterocycles. The molecule has 0 aromatic carbocycles. The molecule has 13 heavy (non-hydrogen) atoms. The minimum absolute atomic E-state index is 0.359. The lowest BCUT2D eigenvalue weighted by Gasteiger charge is -2.20. The minimum Gasteiger partial charge on any atom is -0.389 e. The van der Waals surface area contributed by atoms with Crippen LogP contribution in [0.2, 0.25) is 0 Å². The van der Waals surface area contributed by atoms with Crippen LogP contribution >= 0.6 is 11.8 Å². The zero-order chi connectivity index (χ0) is 10.3. The van der Waals surface area contributed by atoms with E-state index in [9.17, 15) is 5.11 Å². The fourth-order valence-corrected chi connectivity index (χ4v) is 2.24. The Labute approximate surface area is 86.3 Å². The summed E-state index contributed by atoms with van der Waals surface area (Å²) in [5.41, 5.74) is 4.75. The molecule has 0 bridgehead atoms. The number of aliphatic hydroxyl groups is 1. The fourth-order valence-electron chi connectivity index (χ4n) is 0.815. The summed E-state index contributed by atoms with van der Waals surface area (Å²) in [5.74, 6) is 2.98. The van der Waals surface area contributed by atoms with Gasteiger partial charge in [0.2, 0.25) is 0 Å². The van der Waals surface area contributed by atoms with Crippen molar-refractivity contribution in [2.45, 2.75) is 39.2 Å². The van der Waals surface area contributed by atoms with Gasteiger partial charge in [-0.25, -0.2) is 0 Å². The first-order valence-corrected chi connectivity index (χ1v) is 6.13. The van der Waals surface area contributed by atoms with Crippen LogP contribution in [0.1, 0.15) is 33.6 Å². The van der Waals surface area contributed by atoms with E-state index < -0.39 is 5.60 Å². The van der Waals surface area contributed by atoms with Gasteiger partial charge in [-0.2, -0.15) is 11.8 Å². The molecule has 3 N–H and O–H groups in total. The molecule has 0 spiro atoms. The van der Waals surface area contributed by atoms with Crippen LogP contribution in [0.15, 0.2) is 0 Å².